The molecule has 17 heavy (non-hydrogen) atoms. The Bertz CT molecular complexity index is 433. The Kier molecular flexibility index (Phi) is 5.55. The molecule has 0 saturated carbocycles. The predicted octanol–water partition coefficient (Wildman–Crippen LogP) is 0.484. The Morgan fingerprint density at radius 1 is 1.65 bits per heavy atom. The number of nitrogens with one attached hydrogen (secondary N) is 2. The summed E-state index contributed by atoms with van der Waals surface area (Å²) >= 11 is 1.08. The van der Waals surface area contributed by atoms with Crippen molar-refractivity contribution >= 4 is 17.7 Å². The monoisotopic (exact) mass is 257 g/mol. The van der Waals surface area contributed by atoms with E-state index < -0.39 is 5.56 Å². The number of thioether (sulfide) groups is 1. The number of carbonyl (C=O) groups excluding carboxylic acids is 1. The smallest absolute Gasteiger partial charge is 0.255 e. The normalized spacial score (nSPS) is 10.2. The number of hydrogen-bond donors (Lipinski definition) is 3. The highest BCUT2D eigenvalue weighted by Gasteiger charge is 2.05. The van der Waals surface area contributed by atoms with Gasteiger partial charge in [-0.1, -0.05) is 25.1 Å². The van der Waals surface area contributed by atoms with Crippen molar-refractivity contribution in [2.45, 2.75) is 24.9 Å². The fourth-order valence-corrected chi connectivity index (χ4v) is 1.78. The van der Waals surface area contributed by atoms with E-state index in [-0.39, 0.29) is 22.7 Å². The molecule has 1 rings (SSSR count). The SMILES string of the molecule is CCCCNC(=O)CSc1nc(O)cc(=O)[nH]1. The van der Waals surface area contributed by atoms with Crippen molar-refractivity contribution in [1.29, 1.82) is 0 Å². The molecule has 0 saturated heterocycles. The molecule has 0 fully saturated rings. The minimum atomic E-state index is -0.439. The second-order valence-electron chi connectivity index (χ2n) is 3.40. The molecular formula is C10H15N3O3S. The van der Waals surface area contributed by atoms with E-state index in [1.165, 1.54) is 0 Å². The lowest BCUT2D eigenvalue weighted by molar-refractivity contribution is -0.118. The zero-order chi connectivity index (χ0) is 12.7. The van der Waals surface area contributed by atoms with Crippen LogP contribution >= 0.6 is 11.8 Å². The predicted molar refractivity (Wildman–Crippen MR) is 65.2 cm³/mol. The Morgan fingerprint density at radius 3 is 3.06 bits per heavy atom. The molecular weight excluding hydrogens is 242 g/mol. The number of amides is 1. The van der Waals surface area contributed by atoms with Crippen LogP contribution in [0.1, 0.15) is 19.8 Å². The molecule has 6 nitrogen and oxygen atoms in total. The van der Waals surface area contributed by atoms with Crippen LogP contribution < -0.4 is 10.9 Å². The van der Waals surface area contributed by atoms with Crippen LogP contribution in [0.5, 0.6) is 5.88 Å². The molecule has 0 unspecified atom stereocenters. The number of unbranched alkanes of at least 4 members (excludes halogenated alkanes) is 1. The summed E-state index contributed by atoms with van der Waals surface area (Å²) in [5.41, 5.74) is -0.439. The lowest BCUT2D eigenvalue weighted by Gasteiger charge is -2.03. The molecule has 3 N–H and O–H groups in total. The second kappa shape index (κ2) is 6.95. The van der Waals surface area contributed by atoms with Crippen molar-refractivity contribution in [3.05, 3.63) is 16.4 Å². The van der Waals surface area contributed by atoms with Gasteiger partial charge in [0.2, 0.25) is 11.8 Å². The Labute approximate surface area is 103 Å². The number of aromatic hydroxyl groups is 1. The largest absolute Gasteiger partial charge is 0.493 e. The lowest BCUT2D eigenvalue weighted by Crippen LogP contribution is -2.26. The van der Waals surface area contributed by atoms with E-state index in [0.717, 1.165) is 30.7 Å². The molecule has 0 aliphatic carbocycles. The molecule has 1 aromatic rings. The Balaban J connectivity index is 2.39. The number of rotatable bonds is 6. The van der Waals surface area contributed by atoms with Gasteiger partial charge in [0.15, 0.2) is 5.16 Å². The van der Waals surface area contributed by atoms with Crippen molar-refractivity contribution in [1.82, 2.24) is 15.3 Å². The summed E-state index contributed by atoms with van der Waals surface area (Å²) < 4.78 is 0. The highest BCUT2D eigenvalue weighted by molar-refractivity contribution is 7.99. The zero-order valence-corrected chi connectivity index (χ0v) is 10.3. The van der Waals surface area contributed by atoms with Crippen LogP contribution in [0.25, 0.3) is 0 Å². The van der Waals surface area contributed by atoms with Crippen LogP contribution in [0.4, 0.5) is 0 Å². The van der Waals surface area contributed by atoms with E-state index in [1.54, 1.807) is 0 Å². The van der Waals surface area contributed by atoms with Crippen LogP contribution in [0.15, 0.2) is 16.0 Å². The highest BCUT2D eigenvalue weighted by atomic mass is 32.2. The first-order valence-corrected chi connectivity index (χ1v) is 6.30. The number of nitrogens with zero attached hydrogens (tertiary/aromatic N) is 1. The summed E-state index contributed by atoms with van der Waals surface area (Å²) in [5, 5.41) is 12.1. The third-order valence-electron chi connectivity index (χ3n) is 1.90. The van der Waals surface area contributed by atoms with Gasteiger partial charge in [0.1, 0.15) is 0 Å². The van der Waals surface area contributed by atoms with Gasteiger partial charge in [-0.05, 0) is 6.42 Å². The lowest BCUT2D eigenvalue weighted by atomic mass is 10.3. The van der Waals surface area contributed by atoms with Gasteiger partial charge in [-0.3, -0.25) is 9.59 Å². The topological polar surface area (TPSA) is 95.1 Å². The van der Waals surface area contributed by atoms with Crippen molar-refractivity contribution in [3.8, 4) is 5.88 Å². The van der Waals surface area contributed by atoms with Crippen LogP contribution in [0.2, 0.25) is 0 Å². The molecule has 0 aliphatic heterocycles. The summed E-state index contributed by atoms with van der Waals surface area (Å²) in [6, 6.07) is 0.978. The molecule has 0 bridgehead atoms. The molecule has 94 valence electrons. The highest BCUT2D eigenvalue weighted by Crippen LogP contribution is 2.12. The van der Waals surface area contributed by atoms with Crippen molar-refractivity contribution in [2.24, 2.45) is 0 Å². The number of aromatic nitrogens is 2. The van der Waals surface area contributed by atoms with Gasteiger partial charge in [-0.2, -0.15) is 4.98 Å². The summed E-state index contributed by atoms with van der Waals surface area (Å²) in [6.07, 6.45) is 1.96. The van der Waals surface area contributed by atoms with Crippen molar-refractivity contribution in [2.75, 3.05) is 12.3 Å². The van der Waals surface area contributed by atoms with E-state index in [2.05, 4.69) is 15.3 Å². The molecule has 0 aromatic carbocycles. The van der Waals surface area contributed by atoms with Crippen LogP contribution in [-0.2, 0) is 4.79 Å². The number of aromatic amines is 1. The van der Waals surface area contributed by atoms with Gasteiger partial charge in [-0.15, -0.1) is 0 Å². The number of H-pyrrole nitrogens is 1. The number of hydrogen-bond acceptors (Lipinski definition) is 5. The first-order chi connectivity index (χ1) is 8.11. The molecule has 1 heterocycles. The minimum absolute atomic E-state index is 0.116. The van der Waals surface area contributed by atoms with E-state index >= 15 is 0 Å². The van der Waals surface area contributed by atoms with Gasteiger partial charge in [-0.25, -0.2) is 0 Å². The standard InChI is InChI=1S/C10H15N3O3S/c1-2-3-4-11-9(16)6-17-10-12-7(14)5-8(15)13-10/h5H,2-4,6H2,1H3,(H,11,16)(H2,12,13,14,15). The fraction of sp³-hybridized carbons (Fsp3) is 0.500. The van der Waals surface area contributed by atoms with Crippen LogP contribution in [0.3, 0.4) is 0 Å². The minimum Gasteiger partial charge on any atom is -0.493 e. The average molecular weight is 257 g/mol. The van der Waals surface area contributed by atoms with E-state index in [1.807, 2.05) is 6.92 Å². The van der Waals surface area contributed by atoms with Crippen LogP contribution in [0, 0.1) is 0 Å². The van der Waals surface area contributed by atoms with Crippen LogP contribution in [-0.4, -0.2) is 33.3 Å². The van der Waals surface area contributed by atoms with Gasteiger partial charge in [0.25, 0.3) is 5.56 Å². The second-order valence-corrected chi connectivity index (χ2v) is 4.36. The molecule has 1 aromatic heterocycles. The summed E-state index contributed by atoms with van der Waals surface area (Å²) in [7, 11) is 0. The third-order valence-corrected chi connectivity index (χ3v) is 2.77. The van der Waals surface area contributed by atoms with Gasteiger partial charge >= 0.3 is 0 Å². The van der Waals surface area contributed by atoms with Gasteiger partial charge in [0.05, 0.1) is 11.8 Å². The third kappa shape index (κ3) is 5.39. The first kappa shape index (κ1) is 13.6. The first-order valence-electron chi connectivity index (χ1n) is 5.31. The zero-order valence-electron chi connectivity index (χ0n) is 9.52. The summed E-state index contributed by atoms with van der Waals surface area (Å²) in [5.74, 6) is -0.298. The maximum atomic E-state index is 11.3. The van der Waals surface area contributed by atoms with Crippen molar-refractivity contribution in [3.63, 3.8) is 0 Å². The molecule has 0 aliphatic rings. The molecule has 0 radical (unpaired) electrons. The summed E-state index contributed by atoms with van der Waals surface area (Å²) in [6.45, 7) is 2.70. The number of carbonyl (C=O) groups is 1. The quantitative estimate of drug-likeness (QED) is 0.391. The van der Waals surface area contributed by atoms with E-state index in [9.17, 15) is 9.59 Å². The van der Waals surface area contributed by atoms with Gasteiger partial charge < -0.3 is 15.4 Å². The van der Waals surface area contributed by atoms with E-state index in [4.69, 9.17) is 5.11 Å². The molecule has 0 atom stereocenters. The molecule has 7 heteroatoms. The van der Waals surface area contributed by atoms with E-state index in [0.29, 0.717) is 6.54 Å². The molecule has 1 amide bonds. The summed E-state index contributed by atoms with van der Waals surface area (Å²) in [4.78, 5) is 28.5. The average Bonchev–Trinajstić information content (AvgIpc) is 2.25. The Hall–Kier alpha value is -1.50. The fourth-order valence-electron chi connectivity index (χ4n) is 1.08. The maximum absolute atomic E-state index is 11.3. The maximum Gasteiger partial charge on any atom is 0.255 e. The Morgan fingerprint density at radius 2 is 2.41 bits per heavy atom. The van der Waals surface area contributed by atoms with Gasteiger partial charge in [0, 0.05) is 6.54 Å². The van der Waals surface area contributed by atoms with Crippen molar-refractivity contribution < 1.29 is 9.90 Å². The molecule has 0 spiro atoms.